The van der Waals surface area contributed by atoms with Gasteiger partial charge >= 0.3 is 0 Å². The molecular formula is C44H28N2O. The van der Waals surface area contributed by atoms with E-state index in [9.17, 15) is 0 Å². The van der Waals surface area contributed by atoms with Gasteiger partial charge in [0.25, 0.3) is 0 Å². The summed E-state index contributed by atoms with van der Waals surface area (Å²) >= 11 is 0. The Bertz CT molecular complexity index is 2720. The topological polar surface area (TPSA) is 38.1 Å². The lowest BCUT2D eigenvalue weighted by molar-refractivity contribution is 0.670. The van der Waals surface area contributed by atoms with E-state index in [1.807, 2.05) is 12.1 Å². The van der Waals surface area contributed by atoms with Crippen LogP contribution in [0.1, 0.15) is 17.2 Å². The summed E-state index contributed by atoms with van der Waals surface area (Å²) in [6.07, 6.45) is 4.52. The Morgan fingerprint density at radius 3 is 2.17 bits per heavy atom. The third-order valence-electron chi connectivity index (χ3n) is 9.70. The maximum atomic E-state index is 6.46. The molecule has 0 amide bonds. The van der Waals surface area contributed by atoms with Crippen LogP contribution in [-0.2, 0) is 0 Å². The van der Waals surface area contributed by atoms with Crippen molar-refractivity contribution in [1.82, 2.24) is 4.98 Å². The minimum Gasteiger partial charge on any atom is -0.455 e. The summed E-state index contributed by atoms with van der Waals surface area (Å²) in [5.41, 5.74) is 12.0. The van der Waals surface area contributed by atoms with E-state index in [1.54, 1.807) is 0 Å². The Labute approximate surface area is 271 Å². The van der Waals surface area contributed by atoms with Crippen molar-refractivity contribution in [3.63, 3.8) is 0 Å². The second-order valence-electron chi connectivity index (χ2n) is 12.3. The number of hydrogen-bond donors (Lipinski definition) is 1. The van der Waals surface area contributed by atoms with E-state index in [-0.39, 0.29) is 6.04 Å². The molecule has 9 aromatic rings. The van der Waals surface area contributed by atoms with E-state index in [0.29, 0.717) is 0 Å². The predicted octanol–water partition coefficient (Wildman–Crippen LogP) is 12.0. The number of fused-ring (bicyclic) bond motifs is 8. The first-order valence-electron chi connectivity index (χ1n) is 16.1. The average Bonchev–Trinajstić information content (AvgIpc) is 3.53. The number of nitrogens with zero attached hydrogens (tertiary/aromatic N) is 1. The molecule has 0 aliphatic carbocycles. The zero-order chi connectivity index (χ0) is 30.9. The summed E-state index contributed by atoms with van der Waals surface area (Å²) in [5.74, 6) is 0. The fraction of sp³-hybridized carbons (Fsp3) is 0.0227. The maximum Gasteiger partial charge on any atom is 0.143 e. The smallest absolute Gasteiger partial charge is 0.143 e. The van der Waals surface area contributed by atoms with Crippen LogP contribution in [0.5, 0.6) is 0 Å². The average molecular weight is 601 g/mol. The van der Waals surface area contributed by atoms with Crippen LogP contribution in [-0.4, -0.2) is 4.98 Å². The summed E-state index contributed by atoms with van der Waals surface area (Å²) in [6, 6.07) is 51.5. The predicted molar refractivity (Wildman–Crippen MR) is 197 cm³/mol. The van der Waals surface area contributed by atoms with Crippen molar-refractivity contribution in [3.8, 4) is 22.3 Å². The summed E-state index contributed by atoms with van der Waals surface area (Å²) < 4.78 is 6.46. The summed E-state index contributed by atoms with van der Waals surface area (Å²) in [7, 11) is 0. The first kappa shape index (κ1) is 26.1. The maximum absolute atomic E-state index is 6.46. The molecule has 10 rings (SSSR count). The van der Waals surface area contributed by atoms with Crippen LogP contribution in [0, 0.1) is 0 Å². The van der Waals surface area contributed by atoms with Crippen molar-refractivity contribution in [2.24, 2.45) is 0 Å². The molecule has 0 radical (unpaired) electrons. The zero-order valence-electron chi connectivity index (χ0n) is 25.4. The van der Waals surface area contributed by atoms with Gasteiger partial charge in [-0.2, -0.15) is 0 Å². The number of aromatic nitrogens is 1. The molecule has 0 saturated heterocycles. The summed E-state index contributed by atoms with van der Waals surface area (Å²) in [4.78, 5) is 5.26. The van der Waals surface area contributed by atoms with E-state index in [0.717, 1.165) is 60.6 Å². The molecule has 220 valence electrons. The molecule has 2 aromatic heterocycles. The molecule has 7 aromatic carbocycles. The third kappa shape index (κ3) is 3.96. The Morgan fingerprint density at radius 2 is 1.28 bits per heavy atom. The molecule has 1 atom stereocenters. The van der Waals surface area contributed by atoms with Crippen LogP contribution in [0.25, 0.3) is 82.8 Å². The second-order valence-corrected chi connectivity index (χ2v) is 12.3. The fourth-order valence-electron chi connectivity index (χ4n) is 7.55. The largest absolute Gasteiger partial charge is 0.455 e. The van der Waals surface area contributed by atoms with E-state index >= 15 is 0 Å². The van der Waals surface area contributed by atoms with Crippen LogP contribution in [0.15, 0.2) is 156 Å². The highest BCUT2D eigenvalue weighted by molar-refractivity contribution is 6.14. The standard InChI is InChI=1S/C44H28N2O/c1-2-11-27(12-3-1)41-36-16-6-8-19-38(36)46-43-37(41)23-21-28-22-26-39(45-42(28)43)32-25-24-31(29-13-4-5-14-30(29)32)34-17-10-18-35-33-15-7-9-20-40(33)47-44(34)35/h1-26,39,45H. The Kier molecular flexibility index (Phi) is 5.64. The van der Waals surface area contributed by atoms with Gasteiger partial charge in [0.05, 0.1) is 22.8 Å². The van der Waals surface area contributed by atoms with Gasteiger partial charge in [0.15, 0.2) is 0 Å². The molecular weight excluding hydrogens is 572 g/mol. The Morgan fingerprint density at radius 1 is 0.532 bits per heavy atom. The molecule has 3 nitrogen and oxygen atoms in total. The molecule has 3 heteroatoms. The number of nitrogens with one attached hydrogen (secondary N) is 1. The molecule has 1 N–H and O–H groups in total. The van der Waals surface area contributed by atoms with Gasteiger partial charge in [0.1, 0.15) is 11.2 Å². The SMILES string of the molecule is C1=CC(c2ccc(-c3cccc4c3oc3ccccc34)c3ccccc23)Nc2c1ccc1c(-c3ccccc3)c3ccccc3nc21. The first-order valence-corrected chi connectivity index (χ1v) is 16.1. The van der Waals surface area contributed by atoms with Gasteiger partial charge < -0.3 is 9.73 Å². The molecule has 47 heavy (non-hydrogen) atoms. The number of furan rings is 1. The van der Waals surface area contributed by atoms with Gasteiger partial charge in [-0.25, -0.2) is 4.98 Å². The van der Waals surface area contributed by atoms with E-state index < -0.39 is 0 Å². The van der Waals surface area contributed by atoms with Crippen molar-refractivity contribution in [2.75, 3.05) is 5.32 Å². The monoisotopic (exact) mass is 600 g/mol. The van der Waals surface area contributed by atoms with Crippen molar-refractivity contribution in [1.29, 1.82) is 0 Å². The first-order chi connectivity index (χ1) is 23.3. The van der Waals surface area contributed by atoms with Crippen LogP contribution < -0.4 is 5.32 Å². The van der Waals surface area contributed by atoms with Crippen LogP contribution in [0.4, 0.5) is 5.69 Å². The Balaban J connectivity index is 1.14. The molecule has 1 aliphatic heterocycles. The normalized spacial score (nSPS) is 14.3. The lowest BCUT2D eigenvalue weighted by Gasteiger charge is -2.26. The minimum atomic E-state index is -0.0255. The molecule has 1 aliphatic rings. The van der Waals surface area contributed by atoms with Crippen molar-refractivity contribution in [3.05, 3.63) is 163 Å². The number of benzene rings is 7. The molecule has 0 spiro atoms. The van der Waals surface area contributed by atoms with Gasteiger partial charge in [0.2, 0.25) is 0 Å². The molecule has 3 heterocycles. The van der Waals surface area contributed by atoms with Gasteiger partial charge in [-0.1, -0.05) is 146 Å². The molecule has 1 unspecified atom stereocenters. The number of rotatable bonds is 3. The van der Waals surface area contributed by atoms with Crippen LogP contribution in [0.3, 0.4) is 0 Å². The van der Waals surface area contributed by atoms with E-state index in [2.05, 4.69) is 151 Å². The number of hydrogen-bond acceptors (Lipinski definition) is 3. The van der Waals surface area contributed by atoms with Gasteiger partial charge in [-0.3, -0.25) is 0 Å². The Hall–Kier alpha value is -6.19. The highest BCUT2D eigenvalue weighted by Crippen LogP contribution is 2.44. The summed E-state index contributed by atoms with van der Waals surface area (Å²) in [5, 5.41) is 10.9. The highest BCUT2D eigenvalue weighted by Gasteiger charge is 2.23. The number of anilines is 1. The van der Waals surface area contributed by atoms with Gasteiger partial charge in [0, 0.05) is 32.7 Å². The molecule has 0 saturated carbocycles. The second kappa shape index (κ2) is 10.2. The molecule has 0 fully saturated rings. The third-order valence-corrected chi connectivity index (χ3v) is 9.70. The number of pyridine rings is 1. The minimum absolute atomic E-state index is 0.0255. The van der Waals surface area contributed by atoms with Gasteiger partial charge in [-0.05, 0) is 45.2 Å². The quantitative estimate of drug-likeness (QED) is 0.205. The van der Waals surface area contributed by atoms with Crippen LogP contribution >= 0.6 is 0 Å². The van der Waals surface area contributed by atoms with E-state index in [1.165, 1.54) is 33.0 Å². The van der Waals surface area contributed by atoms with Gasteiger partial charge in [-0.15, -0.1) is 0 Å². The zero-order valence-corrected chi connectivity index (χ0v) is 25.4. The highest BCUT2D eigenvalue weighted by atomic mass is 16.3. The van der Waals surface area contributed by atoms with Crippen molar-refractivity contribution >= 4 is 66.3 Å². The van der Waals surface area contributed by atoms with Crippen molar-refractivity contribution in [2.45, 2.75) is 6.04 Å². The van der Waals surface area contributed by atoms with E-state index in [4.69, 9.17) is 9.40 Å². The lowest BCUT2D eigenvalue weighted by atomic mass is 9.89. The lowest BCUT2D eigenvalue weighted by Crippen LogP contribution is -2.13. The molecule has 0 bridgehead atoms. The summed E-state index contributed by atoms with van der Waals surface area (Å²) in [6.45, 7) is 0. The fourth-order valence-corrected chi connectivity index (χ4v) is 7.55. The van der Waals surface area contributed by atoms with Crippen LogP contribution in [0.2, 0.25) is 0 Å². The number of para-hydroxylation sites is 3. The van der Waals surface area contributed by atoms with Crippen molar-refractivity contribution < 1.29 is 4.42 Å².